The molecule has 0 aliphatic heterocycles. The number of halogens is 4. The van der Waals surface area contributed by atoms with Gasteiger partial charge in [0, 0.05) is 11.8 Å². The Kier molecular flexibility index (Phi) is 6.21. The number of amides is 1. The Hall–Kier alpha value is -3.63. The number of aliphatic hydroxyl groups is 1. The first-order valence-corrected chi connectivity index (χ1v) is 10.1. The number of fused-ring (bicyclic) bond motifs is 1. The maximum Gasteiger partial charge on any atom is 0.255 e. The van der Waals surface area contributed by atoms with Crippen LogP contribution < -0.4 is 11.1 Å². The number of nitrogens with one attached hydrogen (secondary N) is 1. The number of carbonyl (C=O) groups is 1. The van der Waals surface area contributed by atoms with Gasteiger partial charge in [0.2, 0.25) is 5.95 Å². The third-order valence-corrected chi connectivity index (χ3v) is 5.31. The van der Waals surface area contributed by atoms with E-state index in [0.717, 1.165) is 12.1 Å². The van der Waals surface area contributed by atoms with Crippen molar-refractivity contribution in [3.05, 3.63) is 82.5 Å². The van der Waals surface area contributed by atoms with Gasteiger partial charge >= 0.3 is 0 Å². The standard InChI is InChI=1S/C22H17ClF3N5O2/c23-15-6-5-14(12-7-8-31-17(9-12)29-22(27)30-31)19(26)18(15)21(33)28-10-16(25)20(32)11-1-3-13(24)4-2-11/h1-9,16,20,32H,10H2,(H2,27,30)(H,28,33)/t16-,20+/m1/s1. The lowest BCUT2D eigenvalue weighted by atomic mass is 10.0. The van der Waals surface area contributed by atoms with Crippen molar-refractivity contribution in [2.24, 2.45) is 0 Å². The van der Waals surface area contributed by atoms with E-state index < -0.39 is 41.9 Å². The van der Waals surface area contributed by atoms with Crippen LogP contribution in [0.25, 0.3) is 16.8 Å². The van der Waals surface area contributed by atoms with Gasteiger partial charge in [-0.25, -0.2) is 17.7 Å². The molecule has 7 nitrogen and oxygen atoms in total. The number of aliphatic hydroxyl groups excluding tert-OH is 1. The summed E-state index contributed by atoms with van der Waals surface area (Å²) >= 11 is 6.05. The minimum absolute atomic E-state index is 0.0485. The first-order chi connectivity index (χ1) is 15.7. The molecule has 33 heavy (non-hydrogen) atoms. The van der Waals surface area contributed by atoms with E-state index in [2.05, 4.69) is 15.4 Å². The van der Waals surface area contributed by atoms with Crippen LogP contribution in [-0.2, 0) is 0 Å². The van der Waals surface area contributed by atoms with Crippen LogP contribution in [0.15, 0.2) is 54.7 Å². The topological polar surface area (TPSA) is 106 Å². The Balaban J connectivity index is 1.54. The summed E-state index contributed by atoms with van der Waals surface area (Å²) in [6.07, 6.45) is -2.00. The summed E-state index contributed by atoms with van der Waals surface area (Å²) in [5.74, 6) is -2.36. The summed E-state index contributed by atoms with van der Waals surface area (Å²) in [6, 6.07) is 10.5. The number of nitrogens with two attached hydrogens (primary N) is 1. The van der Waals surface area contributed by atoms with Crippen LogP contribution in [0.4, 0.5) is 19.1 Å². The zero-order valence-corrected chi connectivity index (χ0v) is 17.6. The van der Waals surface area contributed by atoms with Crippen molar-refractivity contribution in [1.82, 2.24) is 19.9 Å². The molecule has 0 spiro atoms. The van der Waals surface area contributed by atoms with E-state index in [1.54, 1.807) is 6.07 Å². The number of aromatic nitrogens is 3. The Bertz CT molecular complexity index is 1330. The summed E-state index contributed by atoms with van der Waals surface area (Å²) in [7, 11) is 0. The molecule has 0 aliphatic carbocycles. The van der Waals surface area contributed by atoms with Gasteiger partial charge in [-0.05, 0) is 47.5 Å². The molecule has 0 fully saturated rings. The molecule has 2 aromatic carbocycles. The van der Waals surface area contributed by atoms with Gasteiger partial charge < -0.3 is 16.2 Å². The summed E-state index contributed by atoms with van der Waals surface area (Å²) in [6.45, 7) is -0.623. The summed E-state index contributed by atoms with van der Waals surface area (Å²) in [4.78, 5) is 16.6. The molecule has 0 aliphatic rings. The van der Waals surface area contributed by atoms with Crippen LogP contribution in [0.1, 0.15) is 22.0 Å². The van der Waals surface area contributed by atoms with Gasteiger partial charge in [0.1, 0.15) is 23.9 Å². The number of rotatable bonds is 6. The number of nitrogen functional groups attached to an aromatic ring is 1. The lowest BCUT2D eigenvalue weighted by Gasteiger charge is -2.17. The number of benzene rings is 2. The Morgan fingerprint density at radius 3 is 2.64 bits per heavy atom. The molecule has 0 unspecified atom stereocenters. The van der Waals surface area contributed by atoms with Gasteiger partial charge in [-0.3, -0.25) is 4.79 Å². The van der Waals surface area contributed by atoms with Crippen LogP contribution in [0.2, 0.25) is 5.02 Å². The molecule has 11 heteroatoms. The number of pyridine rings is 1. The average Bonchev–Trinajstić information content (AvgIpc) is 3.16. The van der Waals surface area contributed by atoms with E-state index in [-0.39, 0.29) is 22.1 Å². The van der Waals surface area contributed by atoms with Crippen molar-refractivity contribution >= 4 is 29.1 Å². The SMILES string of the molecule is Nc1nc2cc(-c3ccc(Cl)c(C(=O)NC[C@@H](F)[C@@H](O)c4ccc(F)cc4)c3F)ccn2n1. The van der Waals surface area contributed by atoms with Gasteiger partial charge in [0.05, 0.1) is 17.1 Å². The monoisotopic (exact) mass is 475 g/mol. The van der Waals surface area contributed by atoms with Crippen LogP contribution in [0.5, 0.6) is 0 Å². The maximum atomic E-state index is 15.3. The number of alkyl halides is 1. The number of nitrogens with zero attached hydrogens (tertiary/aromatic N) is 3. The Morgan fingerprint density at radius 2 is 1.91 bits per heavy atom. The maximum absolute atomic E-state index is 15.3. The van der Waals surface area contributed by atoms with Gasteiger partial charge in [0.25, 0.3) is 5.91 Å². The van der Waals surface area contributed by atoms with E-state index in [1.807, 2.05) is 0 Å². The lowest BCUT2D eigenvalue weighted by molar-refractivity contribution is 0.0714. The van der Waals surface area contributed by atoms with Crippen LogP contribution in [-0.4, -0.2) is 38.3 Å². The molecule has 4 N–H and O–H groups in total. The van der Waals surface area contributed by atoms with Gasteiger partial charge in [-0.2, -0.15) is 4.98 Å². The van der Waals surface area contributed by atoms with Crippen LogP contribution in [0, 0.1) is 11.6 Å². The number of hydrogen-bond acceptors (Lipinski definition) is 5. The smallest absolute Gasteiger partial charge is 0.255 e. The molecule has 0 radical (unpaired) electrons. The van der Waals surface area contributed by atoms with Gasteiger partial charge in [-0.15, -0.1) is 5.10 Å². The zero-order chi connectivity index (χ0) is 23.7. The minimum Gasteiger partial charge on any atom is -0.385 e. The Morgan fingerprint density at radius 1 is 1.18 bits per heavy atom. The molecule has 2 heterocycles. The van der Waals surface area contributed by atoms with E-state index in [4.69, 9.17) is 17.3 Å². The first-order valence-electron chi connectivity index (χ1n) is 9.70. The minimum atomic E-state index is -1.93. The molecule has 0 saturated carbocycles. The molecular weight excluding hydrogens is 459 g/mol. The highest BCUT2D eigenvalue weighted by molar-refractivity contribution is 6.34. The molecule has 170 valence electrons. The summed E-state index contributed by atoms with van der Waals surface area (Å²) < 4.78 is 44.1. The second-order valence-corrected chi connectivity index (χ2v) is 7.60. The lowest BCUT2D eigenvalue weighted by Crippen LogP contribution is -2.34. The highest BCUT2D eigenvalue weighted by atomic mass is 35.5. The van der Waals surface area contributed by atoms with Crippen molar-refractivity contribution in [3.63, 3.8) is 0 Å². The van der Waals surface area contributed by atoms with E-state index in [1.165, 1.54) is 41.0 Å². The second kappa shape index (κ2) is 9.08. The molecule has 0 bridgehead atoms. The van der Waals surface area contributed by atoms with Gasteiger partial charge in [0.15, 0.2) is 5.65 Å². The third kappa shape index (κ3) is 4.62. The Labute approximate surface area is 190 Å². The molecule has 1 amide bonds. The third-order valence-electron chi connectivity index (χ3n) is 4.99. The van der Waals surface area contributed by atoms with Crippen molar-refractivity contribution < 1.29 is 23.1 Å². The van der Waals surface area contributed by atoms with Gasteiger partial charge in [-0.1, -0.05) is 23.7 Å². The fourth-order valence-electron chi connectivity index (χ4n) is 3.31. The van der Waals surface area contributed by atoms with Crippen LogP contribution >= 0.6 is 11.6 Å². The van der Waals surface area contributed by atoms with Crippen molar-refractivity contribution in [1.29, 1.82) is 0 Å². The summed E-state index contributed by atoms with van der Waals surface area (Å²) in [5, 5.41) is 16.1. The first kappa shape index (κ1) is 22.6. The molecular formula is C22H17ClF3N5O2. The normalized spacial score (nSPS) is 13.1. The van der Waals surface area contributed by atoms with Crippen molar-refractivity contribution in [3.8, 4) is 11.1 Å². The second-order valence-electron chi connectivity index (χ2n) is 7.19. The predicted octanol–water partition coefficient (Wildman–Crippen LogP) is 3.71. The molecule has 0 saturated heterocycles. The predicted molar refractivity (Wildman–Crippen MR) is 116 cm³/mol. The highest BCUT2D eigenvalue weighted by Gasteiger charge is 2.24. The summed E-state index contributed by atoms with van der Waals surface area (Å²) in [5.41, 5.74) is 6.06. The average molecular weight is 476 g/mol. The molecule has 4 rings (SSSR count). The number of anilines is 1. The highest BCUT2D eigenvalue weighted by Crippen LogP contribution is 2.30. The number of carbonyl (C=O) groups excluding carboxylic acids is 1. The fourth-order valence-corrected chi connectivity index (χ4v) is 3.54. The van der Waals surface area contributed by atoms with Crippen molar-refractivity contribution in [2.75, 3.05) is 12.3 Å². The molecule has 2 atom stereocenters. The molecule has 2 aromatic heterocycles. The zero-order valence-electron chi connectivity index (χ0n) is 16.8. The van der Waals surface area contributed by atoms with E-state index in [0.29, 0.717) is 11.2 Å². The quantitative estimate of drug-likeness (QED) is 0.394. The number of hydrogen-bond donors (Lipinski definition) is 3. The largest absolute Gasteiger partial charge is 0.385 e. The van der Waals surface area contributed by atoms with Crippen LogP contribution in [0.3, 0.4) is 0 Å². The fraction of sp³-hybridized carbons (Fsp3) is 0.136. The molecule has 4 aromatic rings. The van der Waals surface area contributed by atoms with Crippen molar-refractivity contribution in [2.45, 2.75) is 12.3 Å². The van der Waals surface area contributed by atoms with E-state index in [9.17, 15) is 18.7 Å². The van der Waals surface area contributed by atoms with E-state index >= 15 is 4.39 Å².